The topological polar surface area (TPSA) is 37.4 Å². The van der Waals surface area contributed by atoms with Gasteiger partial charge in [0.15, 0.2) is 0 Å². The second-order valence-electron chi connectivity index (χ2n) is 6.14. The third-order valence-electron chi connectivity index (χ3n) is 4.72. The molecule has 1 saturated carbocycles. The zero-order valence-electron chi connectivity index (χ0n) is 12.4. The molecule has 0 spiro atoms. The van der Waals surface area contributed by atoms with E-state index in [2.05, 4.69) is 0 Å². The van der Waals surface area contributed by atoms with Gasteiger partial charge in [-0.05, 0) is 48.9 Å². The van der Waals surface area contributed by atoms with Gasteiger partial charge in [0.25, 0.3) is 0 Å². The van der Waals surface area contributed by atoms with Gasteiger partial charge in [-0.3, -0.25) is 9.00 Å². The van der Waals surface area contributed by atoms with Crippen molar-refractivity contribution in [3.8, 4) is 0 Å². The van der Waals surface area contributed by atoms with E-state index in [1.807, 2.05) is 0 Å². The second-order valence-corrected chi connectivity index (χ2v) is 7.84. The maximum atomic E-state index is 13.8. The van der Waals surface area contributed by atoms with Gasteiger partial charge in [-0.15, -0.1) is 0 Å². The van der Waals surface area contributed by atoms with Crippen LogP contribution in [0.1, 0.15) is 30.7 Å². The zero-order valence-corrected chi connectivity index (χ0v) is 13.2. The van der Waals surface area contributed by atoms with Gasteiger partial charge < -0.3 is 4.90 Å². The summed E-state index contributed by atoms with van der Waals surface area (Å²) >= 11 is 0. The number of hydrogen-bond donors (Lipinski definition) is 0. The Kier molecular flexibility index (Phi) is 4.30. The number of nitrogens with zero attached hydrogens (tertiary/aromatic N) is 1. The monoisotopic (exact) mass is 327 g/mol. The van der Waals surface area contributed by atoms with Gasteiger partial charge in [0, 0.05) is 41.3 Å². The molecule has 3 rings (SSSR count). The Bertz CT molecular complexity index is 612. The van der Waals surface area contributed by atoms with Gasteiger partial charge in [0.1, 0.15) is 11.6 Å². The Balaban J connectivity index is 1.65. The van der Waals surface area contributed by atoms with Crippen LogP contribution in [-0.2, 0) is 15.6 Å². The minimum atomic E-state index is -0.757. The summed E-state index contributed by atoms with van der Waals surface area (Å²) < 4.78 is 38.4. The molecular weight excluding hydrogens is 308 g/mol. The summed E-state index contributed by atoms with van der Waals surface area (Å²) in [6.07, 6.45) is 2.07. The third kappa shape index (κ3) is 3.07. The molecule has 120 valence electrons. The standard InChI is InChI=1S/C16H19F2NO2S/c1-19(11-4-6-22(21)7-5-11)16(20)14-9-12(14)13-8-10(17)2-3-15(13)18/h2-3,8,11-12,14H,4-7,9H2,1H3/t11?,12-,14-,22?/m0/s1. The van der Waals surface area contributed by atoms with Crippen LogP contribution in [0.25, 0.3) is 0 Å². The van der Waals surface area contributed by atoms with Gasteiger partial charge >= 0.3 is 0 Å². The molecule has 1 heterocycles. The fraction of sp³-hybridized carbons (Fsp3) is 0.562. The fourth-order valence-corrected chi connectivity index (χ4v) is 4.49. The molecule has 6 heteroatoms. The average Bonchev–Trinajstić information content (AvgIpc) is 3.29. The molecule has 1 aromatic rings. The summed E-state index contributed by atoms with van der Waals surface area (Å²) in [6.45, 7) is 0. The van der Waals surface area contributed by atoms with E-state index in [4.69, 9.17) is 0 Å². The van der Waals surface area contributed by atoms with Crippen LogP contribution in [0.5, 0.6) is 0 Å². The first-order chi connectivity index (χ1) is 10.5. The maximum Gasteiger partial charge on any atom is 0.226 e. The lowest BCUT2D eigenvalue weighted by molar-refractivity contribution is -0.133. The normalized spacial score (nSPS) is 30.9. The Hall–Kier alpha value is -1.30. The molecule has 1 amide bonds. The number of carbonyl (C=O) groups is 1. The molecule has 0 N–H and O–H groups in total. The highest BCUT2D eigenvalue weighted by Gasteiger charge is 2.47. The lowest BCUT2D eigenvalue weighted by atomic mass is 10.1. The molecule has 1 aliphatic heterocycles. The first-order valence-electron chi connectivity index (χ1n) is 7.54. The van der Waals surface area contributed by atoms with Gasteiger partial charge in [0.05, 0.1) is 0 Å². The van der Waals surface area contributed by atoms with E-state index in [-0.39, 0.29) is 23.8 Å². The highest BCUT2D eigenvalue weighted by molar-refractivity contribution is 7.85. The zero-order chi connectivity index (χ0) is 15.9. The quantitative estimate of drug-likeness (QED) is 0.855. The number of benzene rings is 1. The van der Waals surface area contributed by atoms with E-state index in [1.165, 1.54) is 6.07 Å². The molecule has 0 unspecified atom stereocenters. The first-order valence-corrected chi connectivity index (χ1v) is 9.02. The second kappa shape index (κ2) is 6.07. The van der Waals surface area contributed by atoms with Crippen LogP contribution in [0.2, 0.25) is 0 Å². The van der Waals surface area contributed by atoms with Crippen molar-refractivity contribution in [2.45, 2.75) is 31.2 Å². The van der Waals surface area contributed by atoms with Gasteiger partial charge in [-0.1, -0.05) is 0 Å². The number of rotatable bonds is 3. The number of carbonyl (C=O) groups excluding carboxylic acids is 1. The Morgan fingerprint density at radius 1 is 1.27 bits per heavy atom. The first kappa shape index (κ1) is 15.6. The predicted octanol–water partition coefficient (Wildman–Crippen LogP) is 2.44. The van der Waals surface area contributed by atoms with Crippen molar-refractivity contribution in [3.05, 3.63) is 35.4 Å². The molecule has 3 nitrogen and oxygen atoms in total. The lowest BCUT2D eigenvalue weighted by Crippen LogP contribution is -2.42. The highest BCUT2D eigenvalue weighted by Crippen LogP contribution is 2.49. The molecule has 22 heavy (non-hydrogen) atoms. The SMILES string of the molecule is CN(C(=O)[C@H]1C[C@H]1c1cc(F)ccc1F)C1CCS(=O)CC1. The summed E-state index contributed by atoms with van der Waals surface area (Å²) in [6, 6.07) is 3.51. The van der Waals surface area contributed by atoms with Crippen molar-refractivity contribution in [2.24, 2.45) is 5.92 Å². The van der Waals surface area contributed by atoms with Crippen molar-refractivity contribution in [3.63, 3.8) is 0 Å². The van der Waals surface area contributed by atoms with Gasteiger partial charge in [-0.25, -0.2) is 8.78 Å². The smallest absolute Gasteiger partial charge is 0.226 e. The van der Waals surface area contributed by atoms with Gasteiger partial charge in [-0.2, -0.15) is 0 Å². The van der Waals surface area contributed by atoms with Crippen molar-refractivity contribution < 1.29 is 17.8 Å². The summed E-state index contributed by atoms with van der Waals surface area (Å²) in [5, 5.41) is 0. The Labute approximate surface area is 131 Å². The number of halogens is 2. The molecule has 2 atom stereocenters. The van der Waals surface area contributed by atoms with E-state index in [1.54, 1.807) is 11.9 Å². The summed E-state index contributed by atoms with van der Waals surface area (Å²) in [7, 11) is 1.01. The molecule has 2 aliphatic rings. The predicted molar refractivity (Wildman–Crippen MR) is 80.9 cm³/mol. The van der Waals surface area contributed by atoms with Crippen LogP contribution in [0.3, 0.4) is 0 Å². The molecule has 0 radical (unpaired) electrons. The van der Waals surface area contributed by atoms with E-state index in [9.17, 15) is 17.8 Å². The Morgan fingerprint density at radius 3 is 2.64 bits per heavy atom. The van der Waals surface area contributed by atoms with Crippen molar-refractivity contribution in [2.75, 3.05) is 18.6 Å². The number of hydrogen-bond acceptors (Lipinski definition) is 2. The van der Waals surface area contributed by atoms with Crippen molar-refractivity contribution in [1.82, 2.24) is 4.90 Å². The van der Waals surface area contributed by atoms with Crippen molar-refractivity contribution in [1.29, 1.82) is 0 Å². The van der Waals surface area contributed by atoms with E-state index >= 15 is 0 Å². The van der Waals surface area contributed by atoms with Gasteiger partial charge in [0.2, 0.25) is 5.91 Å². The molecule has 2 fully saturated rings. The van der Waals surface area contributed by atoms with Crippen LogP contribution in [0, 0.1) is 17.6 Å². The fourth-order valence-electron chi connectivity index (χ4n) is 3.22. The molecule has 0 aromatic heterocycles. The molecule has 1 aliphatic carbocycles. The van der Waals surface area contributed by atoms with E-state index < -0.39 is 22.4 Å². The van der Waals surface area contributed by atoms with Crippen LogP contribution in [-0.4, -0.2) is 39.6 Å². The molecule has 1 aromatic carbocycles. The molecule has 0 bridgehead atoms. The average molecular weight is 327 g/mol. The lowest BCUT2D eigenvalue weighted by Gasteiger charge is -2.31. The minimum absolute atomic E-state index is 0.00802. The summed E-state index contributed by atoms with van der Waals surface area (Å²) in [5.41, 5.74) is 0.302. The largest absolute Gasteiger partial charge is 0.342 e. The summed E-state index contributed by atoms with van der Waals surface area (Å²) in [4.78, 5) is 14.2. The van der Waals surface area contributed by atoms with Crippen LogP contribution in [0.15, 0.2) is 18.2 Å². The molecule has 1 saturated heterocycles. The molecular formula is C16H19F2NO2S. The van der Waals surface area contributed by atoms with Crippen LogP contribution < -0.4 is 0 Å². The Morgan fingerprint density at radius 2 is 1.95 bits per heavy atom. The third-order valence-corrected chi connectivity index (χ3v) is 6.10. The number of amides is 1. The summed E-state index contributed by atoms with van der Waals surface area (Å²) in [5.74, 6) is -0.137. The van der Waals surface area contributed by atoms with Crippen molar-refractivity contribution >= 4 is 16.7 Å². The van der Waals surface area contributed by atoms with E-state index in [0.717, 1.165) is 25.0 Å². The van der Waals surface area contributed by atoms with Crippen LogP contribution in [0.4, 0.5) is 8.78 Å². The van der Waals surface area contributed by atoms with Crippen LogP contribution >= 0.6 is 0 Å². The van der Waals surface area contributed by atoms with E-state index in [0.29, 0.717) is 23.5 Å². The minimum Gasteiger partial charge on any atom is -0.342 e. The maximum absolute atomic E-state index is 13.8. The highest BCUT2D eigenvalue weighted by atomic mass is 32.2.